The van der Waals surface area contributed by atoms with E-state index in [4.69, 9.17) is 19.6 Å². The minimum Gasteiger partial charge on any atom is -0.462 e. The zero-order valence-electron chi connectivity index (χ0n) is 16.8. The number of benzene rings is 2. The van der Waals surface area contributed by atoms with E-state index in [0.29, 0.717) is 16.6 Å². The number of hydrogen-bond donors (Lipinski definition) is 2. The monoisotopic (exact) mass is 418 g/mol. The molecule has 0 saturated heterocycles. The Bertz CT molecular complexity index is 1390. The van der Waals surface area contributed by atoms with E-state index in [1.54, 1.807) is 43.3 Å². The summed E-state index contributed by atoms with van der Waals surface area (Å²) < 4.78 is 16.5. The summed E-state index contributed by atoms with van der Waals surface area (Å²) >= 11 is 0. The number of rotatable bonds is 2. The van der Waals surface area contributed by atoms with Gasteiger partial charge in [0.1, 0.15) is 22.1 Å². The van der Waals surface area contributed by atoms with E-state index in [9.17, 15) is 14.4 Å². The first-order valence-corrected chi connectivity index (χ1v) is 9.73. The highest BCUT2D eigenvalue weighted by Crippen LogP contribution is 2.53. The van der Waals surface area contributed by atoms with Crippen LogP contribution >= 0.6 is 0 Å². The Labute approximate surface area is 176 Å². The van der Waals surface area contributed by atoms with E-state index in [2.05, 4.69) is 5.32 Å². The van der Waals surface area contributed by atoms with E-state index in [0.717, 1.165) is 5.56 Å². The summed E-state index contributed by atoms with van der Waals surface area (Å²) in [4.78, 5) is 39.9. The van der Waals surface area contributed by atoms with Crippen molar-refractivity contribution in [1.29, 1.82) is 0 Å². The number of esters is 1. The lowest BCUT2D eigenvalue weighted by molar-refractivity contribution is -0.140. The van der Waals surface area contributed by atoms with E-state index in [1.807, 2.05) is 13.0 Å². The average molecular weight is 418 g/mol. The van der Waals surface area contributed by atoms with Crippen LogP contribution in [0.4, 0.5) is 5.69 Å². The molecule has 156 valence electrons. The lowest BCUT2D eigenvalue weighted by Crippen LogP contribution is -2.48. The Morgan fingerprint density at radius 1 is 1.19 bits per heavy atom. The average Bonchev–Trinajstić information content (AvgIpc) is 3.00. The Hall–Kier alpha value is -4.07. The highest BCUT2D eigenvalue weighted by atomic mass is 16.5. The third-order valence-corrected chi connectivity index (χ3v) is 5.62. The maximum Gasteiger partial charge on any atom is 0.345 e. The second-order valence-electron chi connectivity index (χ2n) is 7.40. The lowest BCUT2D eigenvalue weighted by atomic mass is 9.68. The van der Waals surface area contributed by atoms with E-state index in [1.165, 1.54) is 0 Å². The summed E-state index contributed by atoms with van der Waals surface area (Å²) in [5.41, 5.74) is 5.19. The molecule has 0 unspecified atom stereocenters. The maximum atomic E-state index is 13.6. The standard InChI is InChI=1S/C23H18N2O6/c1-3-29-20(26)17-19(24)31-18-12-6-4-5-7-15(12)30-21(27)16(18)23(17)13-10-11(2)8-9-14(13)25-22(23)28/h4-10H,3,24H2,1-2H3,(H,25,28)/t23-/m0/s1. The molecule has 3 aromatic rings. The van der Waals surface area contributed by atoms with Crippen molar-refractivity contribution in [3.05, 3.63) is 81.0 Å². The van der Waals surface area contributed by atoms with Gasteiger partial charge in [0.05, 0.1) is 12.0 Å². The summed E-state index contributed by atoms with van der Waals surface area (Å²) in [5, 5.41) is 3.23. The third-order valence-electron chi connectivity index (χ3n) is 5.62. The van der Waals surface area contributed by atoms with Crippen molar-refractivity contribution in [1.82, 2.24) is 0 Å². The van der Waals surface area contributed by atoms with Crippen molar-refractivity contribution >= 4 is 28.5 Å². The molecule has 3 heterocycles. The van der Waals surface area contributed by atoms with Gasteiger partial charge in [0.15, 0.2) is 5.75 Å². The molecule has 2 aliphatic heterocycles. The fourth-order valence-electron chi connectivity index (χ4n) is 4.39. The molecule has 0 fully saturated rings. The number of hydrogen-bond acceptors (Lipinski definition) is 7. The molecule has 0 radical (unpaired) electrons. The van der Waals surface area contributed by atoms with Crippen LogP contribution in [0.3, 0.4) is 0 Å². The minimum absolute atomic E-state index is 0.0488. The van der Waals surface area contributed by atoms with E-state index >= 15 is 0 Å². The van der Waals surface area contributed by atoms with E-state index < -0.39 is 22.9 Å². The van der Waals surface area contributed by atoms with Crippen molar-refractivity contribution < 1.29 is 23.5 Å². The van der Waals surface area contributed by atoms with Crippen LogP contribution in [0.2, 0.25) is 0 Å². The molecule has 8 nitrogen and oxygen atoms in total. The van der Waals surface area contributed by atoms with E-state index in [-0.39, 0.29) is 35.0 Å². The van der Waals surface area contributed by atoms with Gasteiger partial charge < -0.3 is 24.9 Å². The van der Waals surface area contributed by atoms with Crippen molar-refractivity contribution in [3.8, 4) is 5.75 Å². The van der Waals surface area contributed by atoms with Gasteiger partial charge in [-0.2, -0.15) is 0 Å². The van der Waals surface area contributed by atoms with Gasteiger partial charge in [-0.3, -0.25) is 4.79 Å². The van der Waals surface area contributed by atoms with Gasteiger partial charge in [-0.1, -0.05) is 29.8 Å². The zero-order chi connectivity index (χ0) is 21.9. The number of anilines is 1. The molecule has 5 rings (SSSR count). The molecular formula is C23H18N2O6. The van der Waals surface area contributed by atoms with Crippen LogP contribution < -0.4 is 21.4 Å². The summed E-state index contributed by atoms with van der Waals surface area (Å²) in [6.07, 6.45) is 0. The van der Waals surface area contributed by atoms with Crippen LogP contribution in [-0.4, -0.2) is 18.5 Å². The zero-order valence-corrected chi connectivity index (χ0v) is 16.8. The summed E-state index contributed by atoms with van der Waals surface area (Å²) in [6.45, 7) is 3.53. The predicted molar refractivity (Wildman–Crippen MR) is 112 cm³/mol. The second kappa shape index (κ2) is 6.46. The molecule has 1 amide bonds. The predicted octanol–water partition coefficient (Wildman–Crippen LogP) is 2.47. The first kappa shape index (κ1) is 18.9. The van der Waals surface area contributed by atoms with Gasteiger partial charge in [0.25, 0.3) is 0 Å². The molecule has 1 atom stereocenters. The summed E-state index contributed by atoms with van der Waals surface area (Å²) in [5.74, 6) is -1.66. The van der Waals surface area contributed by atoms with Crippen molar-refractivity contribution in [2.45, 2.75) is 19.3 Å². The highest BCUT2D eigenvalue weighted by molar-refractivity contribution is 6.18. The van der Waals surface area contributed by atoms with Gasteiger partial charge in [0, 0.05) is 11.3 Å². The Morgan fingerprint density at radius 2 is 1.97 bits per heavy atom. The van der Waals surface area contributed by atoms with Crippen LogP contribution in [0.5, 0.6) is 5.75 Å². The fourth-order valence-corrected chi connectivity index (χ4v) is 4.39. The van der Waals surface area contributed by atoms with Crippen LogP contribution in [0, 0.1) is 6.92 Å². The number of para-hydroxylation sites is 1. The topological polar surface area (TPSA) is 121 Å². The molecule has 8 heteroatoms. The number of carbonyl (C=O) groups excluding carboxylic acids is 2. The van der Waals surface area contributed by atoms with Crippen molar-refractivity contribution in [2.24, 2.45) is 5.73 Å². The van der Waals surface area contributed by atoms with Gasteiger partial charge in [-0.25, -0.2) is 9.59 Å². The Morgan fingerprint density at radius 3 is 2.74 bits per heavy atom. The van der Waals surface area contributed by atoms with Gasteiger partial charge in [0.2, 0.25) is 11.8 Å². The maximum absolute atomic E-state index is 13.6. The molecule has 0 saturated carbocycles. The number of amides is 1. The first-order chi connectivity index (χ1) is 14.9. The number of fused-ring (bicyclic) bond motifs is 6. The quantitative estimate of drug-likeness (QED) is 0.484. The molecule has 2 aromatic carbocycles. The molecule has 31 heavy (non-hydrogen) atoms. The number of aryl methyl sites for hydroxylation is 1. The molecule has 0 bridgehead atoms. The number of nitrogens with two attached hydrogens (primary N) is 1. The largest absolute Gasteiger partial charge is 0.462 e. The molecule has 2 aliphatic rings. The molecule has 1 spiro atoms. The number of carbonyl (C=O) groups is 2. The number of ether oxygens (including phenoxy) is 2. The van der Waals surface area contributed by atoms with Gasteiger partial charge in [-0.15, -0.1) is 0 Å². The van der Waals surface area contributed by atoms with Crippen LogP contribution in [0.15, 0.2) is 63.1 Å². The van der Waals surface area contributed by atoms with Crippen LogP contribution in [-0.2, 0) is 19.7 Å². The van der Waals surface area contributed by atoms with Crippen molar-refractivity contribution in [3.63, 3.8) is 0 Å². The Balaban J connectivity index is 1.98. The fraction of sp³-hybridized carbons (Fsp3) is 0.174. The first-order valence-electron chi connectivity index (χ1n) is 9.73. The smallest absolute Gasteiger partial charge is 0.345 e. The lowest BCUT2D eigenvalue weighted by Gasteiger charge is -2.34. The summed E-state index contributed by atoms with van der Waals surface area (Å²) in [6, 6.07) is 12.0. The van der Waals surface area contributed by atoms with Gasteiger partial charge >= 0.3 is 11.6 Å². The van der Waals surface area contributed by atoms with Gasteiger partial charge in [-0.05, 0) is 32.0 Å². The van der Waals surface area contributed by atoms with Crippen molar-refractivity contribution in [2.75, 3.05) is 11.9 Å². The molecule has 1 aromatic heterocycles. The number of nitrogens with one attached hydrogen (secondary N) is 1. The third kappa shape index (κ3) is 2.38. The highest BCUT2D eigenvalue weighted by Gasteiger charge is 2.61. The Kier molecular flexibility index (Phi) is 3.95. The molecule has 3 N–H and O–H groups in total. The minimum atomic E-state index is -1.87. The second-order valence-corrected chi connectivity index (χ2v) is 7.40. The molecular weight excluding hydrogens is 400 g/mol. The molecule has 0 aliphatic carbocycles. The van der Waals surface area contributed by atoms with Crippen LogP contribution in [0.1, 0.15) is 23.6 Å². The SMILES string of the molecule is CCOC(=O)C1=C(N)Oc2c(c(=O)oc3ccccc23)[C@]12C(=O)Nc1ccc(C)cc12. The normalized spacial score (nSPS) is 19.1. The summed E-state index contributed by atoms with van der Waals surface area (Å²) in [7, 11) is 0. The van der Waals surface area contributed by atoms with Crippen LogP contribution in [0.25, 0.3) is 11.0 Å².